The molecule has 0 N–H and O–H groups in total. The van der Waals surface area contributed by atoms with E-state index >= 15 is 0 Å². The maximum Gasteiger partial charge on any atom is 0.309 e. The summed E-state index contributed by atoms with van der Waals surface area (Å²) in [6.07, 6.45) is 7.30. The second-order valence-corrected chi connectivity index (χ2v) is 4.34. The molecular weight excluding hydrogens is 180 g/mol. The van der Waals surface area contributed by atoms with Gasteiger partial charge in [-0.05, 0) is 32.1 Å². The zero-order chi connectivity index (χ0) is 9.97. The number of rotatable bonds is 3. The number of ether oxygens (including phenoxy) is 1. The lowest BCUT2D eigenvalue weighted by Crippen LogP contribution is -2.22. The van der Waals surface area contributed by atoms with Gasteiger partial charge in [-0.2, -0.15) is 0 Å². The highest BCUT2D eigenvalue weighted by Gasteiger charge is 2.44. The third-order valence-electron chi connectivity index (χ3n) is 3.15. The van der Waals surface area contributed by atoms with E-state index in [0.29, 0.717) is 6.42 Å². The summed E-state index contributed by atoms with van der Waals surface area (Å²) in [5.41, 5.74) is 0. The molecule has 2 fully saturated rings. The molecule has 3 nitrogen and oxygen atoms in total. The summed E-state index contributed by atoms with van der Waals surface area (Å²) in [4.78, 5) is 21.8. The second-order valence-electron chi connectivity index (χ2n) is 4.34. The van der Waals surface area contributed by atoms with Crippen LogP contribution in [0.2, 0.25) is 0 Å². The molecule has 0 heterocycles. The smallest absolute Gasteiger partial charge is 0.309 e. The first-order chi connectivity index (χ1) is 6.81. The van der Waals surface area contributed by atoms with Crippen LogP contribution >= 0.6 is 0 Å². The number of carbonyl (C=O) groups is 2. The van der Waals surface area contributed by atoms with Crippen molar-refractivity contribution in [3.05, 3.63) is 0 Å². The normalized spacial score (nSPS) is 32.3. The number of hydrogen-bond acceptors (Lipinski definition) is 3. The van der Waals surface area contributed by atoms with E-state index in [0.717, 1.165) is 19.1 Å². The Labute approximate surface area is 83.8 Å². The molecule has 2 saturated carbocycles. The van der Waals surface area contributed by atoms with Gasteiger partial charge in [0.2, 0.25) is 0 Å². The molecule has 0 radical (unpaired) electrons. The van der Waals surface area contributed by atoms with E-state index in [1.165, 1.54) is 19.3 Å². The van der Waals surface area contributed by atoms with Gasteiger partial charge in [-0.1, -0.05) is 6.42 Å². The second kappa shape index (κ2) is 4.11. The fraction of sp³-hybridized carbons (Fsp3) is 0.818. The van der Waals surface area contributed by atoms with Gasteiger partial charge in [0.1, 0.15) is 12.4 Å². The van der Waals surface area contributed by atoms with Gasteiger partial charge in [0.05, 0.1) is 5.92 Å². The van der Waals surface area contributed by atoms with Crippen LogP contribution in [0.5, 0.6) is 0 Å². The highest BCUT2D eigenvalue weighted by molar-refractivity contribution is 5.81. The largest absolute Gasteiger partial charge is 0.462 e. The minimum absolute atomic E-state index is 0.0499. The van der Waals surface area contributed by atoms with Crippen molar-refractivity contribution in [2.75, 3.05) is 0 Å². The van der Waals surface area contributed by atoms with Crippen molar-refractivity contribution in [3.63, 3.8) is 0 Å². The van der Waals surface area contributed by atoms with E-state index in [-0.39, 0.29) is 23.9 Å². The van der Waals surface area contributed by atoms with Gasteiger partial charge in [-0.3, -0.25) is 4.79 Å². The summed E-state index contributed by atoms with van der Waals surface area (Å²) < 4.78 is 5.35. The Kier molecular flexibility index (Phi) is 2.85. The van der Waals surface area contributed by atoms with Crippen molar-refractivity contribution < 1.29 is 14.3 Å². The number of aldehydes is 1. The Bertz CT molecular complexity index is 231. The molecule has 2 unspecified atom stereocenters. The highest BCUT2D eigenvalue weighted by atomic mass is 16.5. The van der Waals surface area contributed by atoms with E-state index in [2.05, 4.69) is 0 Å². The number of esters is 1. The molecule has 0 spiro atoms. The molecule has 2 atom stereocenters. The summed E-state index contributed by atoms with van der Waals surface area (Å²) in [6.45, 7) is 0. The first kappa shape index (κ1) is 9.69. The van der Waals surface area contributed by atoms with E-state index in [9.17, 15) is 9.59 Å². The maximum atomic E-state index is 11.5. The summed E-state index contributed by atoms with van der Waals surface area (Å²) in [5.74, 6) is -0.311. The van der Waals surface area contributed by atoms with E-state index in [4.69, 9.17) is 4.74 Å². The lowest BCUT2D eigenvalue weighted by molar-refractivity contribution is -0.152. The quantitative estimate of drug-likeness (QED) is 0.509. The molecule has 0 aromatic heterocycles. The zero-order valence-corrected chi connectivity index (χ0v) is 8.28. The molecule has 14 heavy (non-hydrogen) atoms. The molecule has 2 aliphatic rings. The Morgan fingerprint density at radius 3 is 2.50 bits per heavy atom. The average molecular weight is 196 g/mol. The van der Waals surface area contributed by atoms with Crippen LogP contribution in [-0.4, -0.2) is 18.4 Å². The van der Waals surface area contributed by atoms with Gasteiger partial charge >= 0.3 is 5.97 Å². The van der Waals surface area contributed by atoms with Crippen molar-refractivity contribution in [1.29, 1.82) is 0 Å². The zero-order valence-electron chi connectivity index (χ0n) is 8.28. The maximum absolute atomic E-state index is 11.5. The summed E-state index contributed by atoms with van der Waals surface area (Å²) in [6, 6.07) is 0. The monoisotopic (exact) mass is 196 g/mol. The predicted molar refractivity (Wildman–Crippen MR) is 50.6 cm³/mol. The third kappa shape index (κ3) is 2.14. The summed E-state index contributed by atoms with van der Waals surface area (Å²) in [7, 11) is 0. The van der Waals surface area contributed by atoms with Crippen LogP contribution < -0.4 is 0 Å². The van der Waals surface area contributed by atoms with Crippen molar-refractivity contribution in [1.82, 2.24) is 0 Å². The van der Waals surface area contributed by atoms with Crippen LogP contribution in [-0.2, 0) is 14.3 Å². The Balaban J connectivity index is 1.74. The molecule has 0 aromatic rings. The van der Waals surface area contributed by atoms with E-state index in [1.807, 2.05) is 0 Å². The minimum atomic E-state index is -0.144. The van der Waals surface area contributed by atoms with Gasteiger partial charge in [-0.15, -0.1) is 0 Å². The molecular formula is C11H16O3. The van der Waals surface area contributed by atoms with E-state index < -0.39 is 0 Å². The third-order valence-corrected chi connectivity index (χ3v) is 3.15. The molecule has 2 rings (SSSR count). The summed E-state index contributed by atoms with van der Waals surface area (Å²) in [5, 5.41) is 0. The predicted octanol–water partition coefficient (Wildman–Crippen LogP) is 1.70. The SMILES string of the molecule is O=CC1CC1C(=O)OC1CCCCC1. The first-order valence-corrected chi connectivity index (χ1v) is 5.47. The molecule has 0 bridgehead atoms. The van der Waals surface area contributed by atoms with Crippen molar-refractivity contribution in [2.24, 2.45) is 11.8 Å². The lowest BCUT2D eigenvalue weighted by Gasteiger charge is -2.21. The van der Waals surface area contributed by atoms with Gasteiger partial charge in [0, 0.05) is 5.92 Å². The number of carbonyl (C=O) groups excluding carboxylic acids is 2. The van der Waals surface area contributed by atoms with Gasteiger partial charge in [0.15, 0.2) is 0 Å². The number of hydrogen-bond donors (Lipinski definition) is 0. The summed E-state index contributed by atoms with van der Waals surface area (Å²) >= 11 is 0. The van der Waals surface area contributed by atoms with Crippen LogP contribution in [0.4, 0.5) is 0 Å². The minimum Gasteiger partial charge on any atom is -0.462 e. The standard InChI is InChI=1S/C11H16O3/c12-7-8-6-10(8)11(13)14-9-4-2-1-3-5-9/h7-10H,1-6H2. The molecule has 0 aliphatic heterocycles. The Hall–Kier alpha value is -0.860. The molecule has 3 heteroatoms. The fourth-order valence-electron chi connectivity index (χ4n) is 2.07. The lowest BCUT2D eigenvalue weighted by atomic mass is 9.98. The first-order valence-electron chi connectivity index (χ1n) is 5.47. The van der Waals surface area contributed by atoms with Crippen molar-refractivity contribution >= 4 is 12.3 Å². The van der Waals surface area contributed by atoms with Crippen molar-refractivity contribution in [3.8, 4) is 0 Å². The van der Waals surface area contributed by atoms with Crippen molar-refractivity contribution in [2.45, 2.75) is 44.6 Å². The molecule has 0 amide bonds. The molecule has 0 saturated heterocycles. The average Bonchev–Trinajstić information content (AvgIpc) is 2.98. The molecule has 2 aliphatic carbocycles. The van der Waals surface area contributed by atoms with Crippen LogP contribution in [0.3, 0.4) is 0 Å². The van der Waals surface area contributed by atoms with Gasteiger partial charge < -0.3 is 9.53 Å². The van der Waals surface area contributed by atoms with Crippen LogP contribution in [0.1, 0.15) is 38.5 Å². The highest BCUT2D eigenvalue weighted by Crippen LogP contribution is 2.38. The Morgan fingerprint density at radius 2 is 1.93 bits per heavy atom. The van der Waals surface area contributed by atoms with Crippen LogP contribution in [0, 0.1) is 11.8 Å². The van der Waals surface area contributed by atoms with Gasteiger partial charge in [-0.25, -0.2) is 0 Å². The van der Waals surface area contributed by atoms with E-state index in [1.54, 1.807) is 0 Å². The molecule has 78 valence electrons. The van der Waals surface area contributed by atoms with Crippen LogP contribution in [0.15, 0.2) is 0 Å². The Morgan fingerprint density at radius 1 is 1.21 bits per heavy atom. The topological polar surface area (TPSA) is 43.4 Å². The van der Waals surface area contributed by atoms with Crippen LogP contribution in [0.25, 0.3) is 0 Å². The fourth-order valence-corrected chi connectivity index (χ4v) is 2.07. The molecule has 0 aromatic carbocycles. The van der Waals surface area contributed by atoms with Gasteiger partial charge in [0.25, 0.3) is 0 Å².